The van der Waals surface area contributed by atoms with Gasteiger partial charge in [0.25, 0.3) is 0 Å². The van der Waals surface area contributed by atoms with Crippen molar-refractivity contribution in [2.24, 2.45) is 0 Å². The molecule has 2 heterocycles. The molecule has 3 rings (SSSR count). The Bertz CT molecular complexity index is 772. The number of carboxylic acids is 1. The maximum Gasteiger partial charge on any atom is 0.343 e. The molecule has 140 valence electrons. The Labute approximate surface area is 150 Å². The lowest BCUT2D eigenvalue weighted by molar-refractivity contribution is 0.0698. The van der Waals surface area contributed by atoms with E-state index in [1.54, 1.807) is 0 Å². The summed E-state index contributed by atoms with van der Waals surface area (Å²) in [5.41, 5.74) is 0.314. The van der Waals surface area contributed by atoms with E-state index in [1.807, 2.05) is 0 Å². The van der Waals surface area contributed by atoms with Crippen LogP contribution in [-0.4, -0.2) is 54.4 Å². The molecule has 8 heteroatoms. The molecule has 0 amide bonds. The van der Waals surface area contributed by atoms with E-state index in [-0.39, 0.29) is 22.9 Å². The molecule has 0 spiro atoms. The van der Waals surface area contributed by atoms with Crippen molar-refractivity contribution in [3.05, 3.63) is 29.6 Å². The number of hydrogen-bond acceptors (Lipinski definition) is 6. The zero-order valence-corrected chi connectivity index (χ0v) is 14.6. The number of aromatic nitrogens is 1. The van der Waals surface area contributed by atoms with Crippen LogP contribution in [0.15, 0.2) is 22.7 Å². The van der Waals surface area contributed by atoms with Gasteiger partial charge in [-0.2, -0.15) is 0 Å². The van der Waals surface area contributed by atoms with E-state index >= 15 is 0 Å². The zero-order chi connectivity index (χ0) is 18.5. The molecule has 0 saturated carbocycles. The number of nitrogens with zero attached hydrogens (tertiary/aromatic N) is 2. The number of piperidine rings is 1. The largest absolute Gasteiger partial charge is 0.494 e. The Balaban J connectivity index is 1.76. The molecule has 1 aliphatic rings. The van der Waals surface area contributed by atoms with Crippen LogP contribution < -0.4 is 10.1 Å². The van der Waals surface area contributed by atoms with E-state index in [2.05, 4.69) is 15.4 Å². The van der Waals surface area contributed by atoms with Crippen molar-refractivity contribution in [1.29, 1.82) is 0 Å². The number of rotatable bonds is 7. The molecular formula is C18H22FN3O4. The quantitative estimate of drug-likeness (QED) is 0.781. The lowest BCUT2D eigenvalue weighted by Gasteiger charge is -2.26. The van der Waals surface area contributed by atoms with Crippen LogP contribution >= 0.6 is 0 Å². The molecule has 0 aliphatic carbocycles. The van der Waals surface area contributed by atoms with Gasteiger partial charge in [0.1, 0.15) is 0 Å². The average Bonchev–Trinajstić information content (AvgIpc) is 3.07. The van der Waals surface area contributed by atoms with Gasteiger partial charge in [0.15, 0.2) is 28.7 Å². The number of carbonyl (C=O) groups is 1. The minimum atomic E-state index is -1.16. The van der Waals surface area contributed by atoms with Gasteiger partial charge in [-0.1, -0.05) is 11.6 Å². The van der Waals surface area contributed by atoms with Crippen molar-refractivity contribution < 1.29 is 23.6 Å². The molecule has 1 aliphatic heterocycles. The molecule has 0 atom stereocenters. The third-order valence-corrected chi connectivity index (χ3v) is 4.49. The molecule has 2 N–H and O–H groups in total. The highest BCUT2D eigenvalue weighted by Gasteiger charge is 2.24. The Hall–Kier alpha value is -2.61. The lowest BCUT2D eigenvalue weighted by atomic mass is 10.1. The summed E-state index contributed by atoms with van der Waals surface area (Å²) in [5, 5.41) is 16.5. The average molecular weight is 363 g/mol. The fourth-order valence-electron chi connectivity index (χ4n) is 3.12. The van der Waals surface area contributed by atoms with Crippen LogP contribution in [0.1, 0.15) is 29.6 Å². The van der Waals surface area contributed by atoms with E-state index in [9.17, 15) is 14.3 Å². The van der Waals surface area contributed by atoms with Gasteiger partial charge in [-0.25, -0.2) is 9.18 Å². The molecule has 0 bridgehead atoms. The predicted molar refractivity (Wildman–Crippen MR) is 94.2 cm³/mol. The first-order chi connectivity index (χ1) is 12.6. The van der Waals surface area contributed by atoms with Crippen LogP contribution in [0.4, 0.5) is 10.2 Å². The fraction of sp³-hybridized carbons (Fsp3) is 0.444. The summed E-state index contributed by atoms with van der Waals surface area (Å²) in [4.78, 5) is 14.0. The number of likely N-dealkylation sites (tertiary alicyclic amines) is 1. The van der Waals surface area contributed by atoms with Crippen LogP contribution in [0.5, 0.6) is 5.75 Å². The third-order valence-electron chi connectivity index (χ3n) is 4.49. The molecule has 26 heavy (non-hydrogen) atoms. The van der Waals surface area contributed by atoms with Crippen molar-refractivity contribution in [2.45, 2.75) is 19.3 Å². The number of carboxylic acid groups (broad SMARTS) is 1. The number of hydrogen-bond donors (Lipinski definition) is 2. The van der Waals surface area contributed by atoms with Gasteiger partial charge in [-0.15, -0.1) is 0 Å². The lowest BCUT2D eigenvalue weighted by Crippen LogP contribution is -2.33. The smallest absolute Gasteiger partial charge is 0.343 e. The topological polar surface area (TPSA) is 87.8 Å². The first kappa shape index (κ1) is 18.2. The summed E-state index contributed by atoms with van der Waals surface area (Å²) in [6.45, 7) is 3.50. The number of benzene rings is 1. The summed E-state index contributed by atoms with van der Waals surface area (Å²) < 4.78 is 23.8. The first-order valence-corrected chi connectivity index (χ1v) is 8.63. The van der Waals surface area contributed by atoms with Crippen molar-refractivity contribution >= 4 is 11.8 Å². The number of anilines is 1. The Morgan fingerprint density at radius 2 is 2.15 bits per heavy atom. The van der Waals surface area contributed by atoms with Crippen molar-refractivity contribution in [3.8, 4) is 17.1 Å². The molecule has 1 aromatic heterocycles. The van der Waals surface area contributed by atoms with Crippen LogP contribution in [0.3, 0.4) is 0 Å². The standard InChI is InChI=1S/C18H22FN3O4/c1-25-14-11-12(5-6-13(14)19)16-15(18(23)24)17(21-26-16)20-7-10-22-8-3-2-4-9-22/h5-6,11H,2-4,7-10H2,1H3,(H,20,21)(H,23,24). The summed E-state index contributed by atoms with van der Waals surface area (Å²) in [6, 6.07) is 4.02. The van der Waals surface area contributed by atoms with Gasteiger partial charge in [-0.3, -0.25) is 0 Å². The van der Waals surface area contributed by atoms with E-state index < -0.39 is 11.8 Å². The van der Waals surface area contributed by atoms with Gasteiger partial charge < -0.3 is 24.6 Å². The van der Waals surface area contributed by atoms with Crippen LogP contribution in [0, 0.1) is 5.82 Å². The second-order valence-corrected chi connectivity index (χ2v) is 6.22. The van der Waals surface area contributed by atoms with Crippen LogP contribution in [0.25, 0.3) is 11.3 Å². The molecule has 1 saturated heterocycles. The molecule has 1 aromatic carbocycles. The number of methoxy groups -OCH3 is 1. The Kier molecular flexibility index (Phi) is 5.72. The maximum absolute atomic E-state index is 13.6. The summed E-state index contributed by atoms with van der Waals surface area (Å²) >= 11 is 0. The normalized spacial score (nSPS) is 15.0. The van der Waals surface area contributed by atoms with Gasteiger partial charge in [0.2, 0.25) is 0 Å². The maximum atomic E-state index is 13.6. The molecular weight excluding hydrogens is 341 g/mol. The van der Waals surface area contributed by atoms with E-state index in [4.69, 9.17) is 9.26 Å². The third kappa shape index (κ3) is 3.96. The van der Waals surface area contributed by atoms with E-state index in [0.29, 0.717) is 12.1 Å². The SMILES string of the molecule is COc1cc(-c2onc(NCCN3CCCCC3)c2C(=O)O)ccc1F. The van der Waals surface area contributed by atoms with Crippen molar-refractivity contribution in [2.75, 3.05) is 38.6 Å². The molecule has 0 unspecified atom stereocenters. The highest BCUT2D eigenvalue weighted by Crippen LogP contribution is 2.32. The van der Waals surface area contributed by atoms with Gasteiger partial charge in [0, 0.05) is 18.7 Å². The van der Waals surface area contributed by atoms with Crippen LogP contribution in [-0.2, 0) is 0 Å². The van der Waals surface area contributed by atoms with Crippen molar-refractivity contribution in [1.82, 2.24) is 10.1 Å². The summed E-state index contributed by atoms with van der Waals surface area (Å²) in [6.07, 6.45) is 3.66. The number of nitrogens with one attached hydrogen (secondary N) is 1. The highest BCUT2D eigenvalue weighted by molar-refractivity contribution is 5.99. The van der Waals surface area contributed by atoms with Gasteiger partial charge in [-0.05, 0) is 44.1 Å². The van der Waals surface area contributed by atoms with Crippen molar-refractivity contribution in [3.63, 3.8) is 0 Å². The summed E-state index contributed by atoms with van der Waals surface area (Å²) in [5.74, 6) is -1.45. The summed E-state index contributed by atoms with van der Waals surface area (Å²) in [7, 11) is 1.34. The monoisotopic (exact) mass is 363 g/mol. The molecule has 2 aromatic rings. The Morgan fingerprint density at radius 3 is 2.85 bits per heavy atom. The van der Waals surface area contributed by atoms with E-state index in [0.717, 1.165) is 19.6 Å². The Morgan fingerprint density at radius 1 is 1.38 bits per heavy atom. The number of aromatic carboxylic acids is 1. The van der Waals surface area contributed by atoms with Crippen LogP contribution in [0.2, 0.25) is 0 Å². The second kappa shape index (κ2) is 8.18. The van der Waals surface area contributed by atoms with Gasteiger partial charge >= 0.3 is 5.97 Å². The minimum absolute atomic E-state index is 0.00912. The predicted octanol–water partition coefficient (Wildman–Crippen LogP) is 3.09. The highest BCUT2D eigenvalue weighted by atomic mass is 19.1. The molecule has 0 radical (unpaired) electrons. The molecule has 1 fully saturated rings. The van der Waals surface area contributed by atoms with E-state index in [1.165, 1.54) is 44.6 Å². The molecule has 7 nitrogen and oxygen atoms in total. The zero-order valence-electron chi connectivity index (χ0n) is 14.6. The first-order valence-electron chi connectivity index (χ1n) is 8.63. The minimum Gasteiger partial charge on any atom is -0.494 e. The second-order valence-electron chi connectivity index (χ2n) is 6.22. The number of ether oxygens (including phenoxy) is 1. The number of halogens is 1. The fourth-order valence-corrected chi connectivity index (χ4v) is 3.12. The van der Waals surface area contributed by atoms with Gasteiger partial charge in [0.05, 0.1) is 7.11 Å².